The largest absolute Gasteiger partial charge is 0.464 e. The second-order valence-corrected chi connectivity index (χ2v) is 3.50. The van der Waals surface area contributed by atoms with Crippen molar-refractivity contribution >= 4 is 17.8 Å². The number of carbonyl (C=O) groups is 1. The van der Waals surface area contributed by atoms with Crippen molar-refractivity contribution in [1.82, 2.24) is 15.0 Å². The van der Waals surface area contributed by atoms with E-state index in [-0.39, 0.29) is 12.0 Å². The Balaban J connectivity index is 2.91. The van der Waals surface area contributed by atoms with E-state index >= 15 is 0 Å². The van der Waals surface area contributed by atoms with Crippen molar-refractivity contribution in [3.63, 3.8) is 0 Å². The molecule has 4 N–H and O–H groups in total. The summed E-state index contributed by atoms with van der Waals surface area (Å²) in [5.41, 5.74) is 5.16. The van der Waals surface area contributed by atoms with Crippen LogP contribution in [0.1, 0.15) is 20.8 Å². The van der Waals surface area contributed by atoms with E-state index < -0.39 is 11.9 Å². The molecule has 0 radical (unpaired) electrons. The standard InChI is InChI=1S/C10H18N6O2/c1-4-12-8-14-9(13-6(3)7(11)17)16-10(15-8)18-5-2/h6H,4-5H2,1-3H3,(H2,11,17)(H2,12,13,14,15,16). The highest BCUT2D eigenvalue weighted by atomic mass is 16.5. The highest BCUT2D eigenvalue weighted by Gasteiger charge is 2.12. The van der Waals surface area contributed by atoms with Gasteiger partial charge < -0.3 is 21.1 Å². The Labute approximate surface area is 105 Å². The number of ether oxygens (including phenoxy) is 1. The molecule has 1 heterocycles. The van der Waals surface area contributed by atoms with Crippen molar-refractivity contribution < 1.29 is 9.53 Å². The van der Waals surface area contributed by atoms with Crippen LogP contribution in [0.5, 0.6) is 6.01 Å². The zero-order chi connectivity index (χ0) is 13.5. The van der Waals surface area contributed by atoms with E-state index in [1.807, 2.05) is 13.8 Å². The molecule has 0 bridgehead atoms. The average Bonchev–Trinajstić information content (AvgIpc) is 2.29. The van der Waals surface area contributed by atoms with Crippen LogP contribution in [0.15, 0.2) is 0 Å². The first-order valence-corrected chi connectivity index (χ1v) is 5.75. The lowest BCUT2D eigenvalue weighted by Gasteiger charge is -2.12. The molecular formula is C10H18N6O2. The van der Waals surface area contributed by atoms with Crippen molar-refractivity contribution in [1.29, 1.82) is 0 Å². The number of anilines is 2. The van der Waals surface area contributed by atoms with Crippen LogP contribution in [-0.2, 0) is 4.79 Å². The normalized spacial score (nSPS) is 11.7. The van der Waals surface area contributed by atoms with Crippen LogP contribution in [0.2, 0.25) is 0 Å². The van der Waals surface area contributed by atoms with Gasteiger partial charge in [-0.15, -0.1) is 0 Å². The van der Waals surface area contributed by atoms with Gasteiger partial charge in [0.25, 0.3) is 0 Å². The molecule has 1 aromatic rings. The number of hydrogen-bond donors (Lipinski definition) is 3. The average molecular weight is 254 g/mol. The molecular weight excluding hydrogens is 236 g/mol. The van der Waals surface area contributed by atoms with Gasteiger partial charge in [0, 0.05) is 6.54 Å². The predicted molar refractivity (Wildman–Crippen MR) is 67.4 cm³/mol. The summed E-state index contributed by atoms with van der Waals surface area (Å²) in [6.45, 7) is 6.49. The molecule has 1 amide bonds. The van der Waals surface area contributed by atoms with E-state index in [0.717, 1.165) is 0 Å². The van der Waals surface area contributed by atoms with E-state index in [0.29, 0.717) is 19.1 Å². The van der Waals surface area contributed by atoms with Gasteiger partial charge in [0.1, 0.15) is 6.04 Å². The third-order valence-corrected chi connectivity index (χ3v) is 2.00. The minimum absolute atomic E-state index is 0.197. The van der Waals surface area contributed by atoms with Gasteiger partial charge in [0.2, 0.25) is 17.8 Å². The SMILES string of the molecule is CCNc1nc(NC(C)C(N)=O)nc(OCC)n1. The molecule has 0 saturated carbocycles. The summed E-state index contributed by atoms with van der Waals surface area (Å²) < 4.78 is 5.22. The maximum atomic E-state index is 11.0. The second-order valence-electron chi connectivity index (χ2n) is 3.50. The molecule has 1 unspecified atom stereocenters. The summed E-state index contributed by atoms with van der Waals surface area (Å²) in [5.74, 6) is 0.143. The molecule has 0 spiro atoms. The summed E-state index contributed by atoms with van der Waals surface area (Å²) in [6, 6.07) is -0.376. The summed E-state index contributed by atoms with van der Waals surface area (Å²) in [4.78, 5) is 23.1. The maximum absolute atomic E-state index is 11.0. The van der Waals surface area contributed by atoms with E-state index in [9.17, 15) is 4.79 Å². The number of nitrogens with zero attached hydrogens (tertiary/aromatic N) is 3. The molecule has 0 fully saturated rings. The van der Waals surface area contributed by atoms with Crippen molar-refractivity contribution in [2.45, 2.75) is 26.8 Å². The first kappa shape index (κ1) is 13.9. The summed E-state index contributed by atoms with van der Waals surface area (Å²) in [5, 5.41) is 5.73. The Kier molecular flexibility index (Phi) is 5.09. The fraction of sp³-hybridized carbons (Fsp3) is 0.600. The van der Waals surface area contributed by atoms with Gasteiger partial charge in [-0.2, -0.15) is 15.0 Å². The molecule has 1 atom stereocenters. The fourth-order valence-corrected chi connectivity index (χ4v) is 1.12. The molecule has 0 aliphatic rings. The molecule has 0 aliphatic heterocycles. The van der Waals surface area contributed by atoms with Crippen LogP contribution in [0.25, 0.3) is 0 Å². The second kappa shape index (κ2) is 6.58. The Morgan fingerprint density at radius 2 is 2.00 bits per heavy atom. The first-order valence-electron chi connectivity index (χ1n) is 5.75. The first-order chi connectivity index (χ1) is 8.56. The van der Waals surface area contributed by atoms with Gasteiger partial charge >= 0.3 is 6.01 Å². The molecule has 0 aliphatic carbocycles. The summed E-state index contributed by atoms with van der Waals surface area (Å²) >= 11 is 0. The zero-order valence-electron chi connectivity index (χ0n) is 10.7. The van der Waals surface area contributed by atoms with Gasteiger partial charge in [-0.1, -0.05) is 0 Å². The maximum Gasteiger partial charge on any atom is 0.323 e. The Morgan fingerprint density at radius 1 is 1.33 bits per heavy atom. The number of nitrogens with two attached hydrogens (primary N) is 1. The lowest BCUT2D eigenvalue weighted by molar-refractivity contribution is -0.118. The van der Waals surface area contributed by atoms with Crippen LogP contribution in [0.3, 0.4) is 0 Å². The Hall–Kier alpha value is -2.12. The molecule has 1 rings (SSSR count). The van der Waals surface area contributed by atoms with Gasteiger partial charge in [-0.25, -0.2) is 0 Å². The monoisotopic (exact) mass is 254 g/mol. The van der Waals surface area contributed by atoms with Crippen LogP contribution >= 0.6 is 0 Å². The molecule has 100 valence electrons. The number of nitrogens with one attached hydrogen (secondary N) is 2. The van der Waals surface area contributed by atoms with E-state index in [1.165, 1.54) is 0 Å². The van der Waals surface area contributed by atoms with E-state index in [2.05, 4.69) is 25.6 Å². The number of primary amides is 1. The number of hydrogen-bond acceptors (Lipinski definition) is 7. The van der Waals surface area contributed by atoms with Crippen molar-refractivity contribution in [3.8, 4) is 6.01 Å². The highest BCUT2D eigenvalue weighted by molar-refractivity contribution is 5.81. The minimum atomic E-state index is -0.573. The molecule has 0 saturated heterocycles. The molecule has 1 aromatic heterocycles. The number of carbonyl (C=O) groups excluding carboxylic acids is 1. The lowest BCUT2D eigenvalue weighted by Crippen LogP contribution is -2.33. The Bertz CT molecular complexity index is 387. The van der Waals surface area contributed by atoms with E-state index in [1.54, 1.807) is 6.92 Å². The number of rotatable bonds is 7. The van der Waals surface area contributed by atoms with Crippen LogP contribution in [0, 0.1) is 0 Å². The highest BCUT2D eigenvalue weighted by Crippen LogP contribution is 2.11. The van der Waals surface area contributed by atoms with Crippen LogP contribution in [-0.4, -0.2) is 40.1 Å². The van der Waals surface area contributed by atoms with Crippen LogP contribution < -0.4 is 21.1 Å². The van der Waals surface area contributed by atoms with Crippen molar-refractivity contribution in [2.75, 3.05) is 23.8 Å². The van der Waals surface area contributed by atoms with Crippen LogP contribution in [0.4, 0.5) is 11.9 Å². The fourth-order valence-electron chi connectivity index (χ4n) is 1.12. The van der Waals surface area contributed by atoms with Gasteiger partial charge in [0.05, 0.1) is 6.61 Å². The molecule has 8 nitrogen and oxygen atoms in total. The third-order valence-electron chi connectivity index (χ3n) is 2.00. The smallest absolute Gasteiger partial charge is 0.323 e. The predicted octanol–water partition coefficient (Wildman–Crippen LogP) is -0.0122. The van der Waals surface area contributed by atoms with Gasteiger partial charge in [0.15, 0.2) is 0 Å². The zero-order valence-corrected chi connectivity index (χ0v) is 10.7. The van der Waals surface area contributed by atoms with Crippen molar-refractivity contribution in [2.24, 2.45) is 5.73 Å². The summed E-state index contributed by atoms with van der Waals surface area (Å²) in [6.07, 6.45) is 0. The molecule has 8 heteroatoms. The van der Waals surface area contributed by atoms with Gasteiger partial charge in [-0.3, -0.25) is 4.79 Å². The Morgan fingerprint density at radius 3 is 2.56 bits per heavy atom. The topological polar surface area (TPSA) is 115 Å². The van der Waals surface area contributed by atoms with E-state index in [4.69, 9.17) is 10.5 Å². The van der Waals surface area contributed by atoms with Gasteiger partial charge in [-0.05, 0) is 20.8 Å². The van der Waals surface area contributed by atoms with Crippen molar-refractivity contribution in [3.05, 3.63) is 0 Å². The lowest BCUT2D eigenvalue weighted by atomic mass is 10.3. The summed E-state index contributed by atoms with van der Waals surface area (Å²) in [7, 11) is 0. The quantitative estimate of drug-likeness (QED) is 0.626. The third kappa shape index (κ3) is 4.04. The number of amides is 1. The molecule has 18 heavy (non-hydrogen) atoms. The number of aromatic nitrogens is 3. The minimum Gasteiger partial charge on any atom is -0.464 e. The molecule has 0 aromatic carbocycles.